The van der Waals surface area contributed by atoms with E-state index in [9.17, 15) is 0 Å². The minimum absolute atomic E-state index is 0.116. The Labute approximate surface area is 260 Å². The first kappa shape index (κ1) is 38.8. The van der Waals surface area contributed by atoms with Crippen LogP contribution in [0.2, 0.25) is 0 Å². The highest BCUT2D eigenvalue weighted by Crippen LogP contribution is 2.39. The first-order chi connectivity index (χ1) is 20.1. The third-order valence-electron chi connectivity index (χ3n) is 8.01. The van der Waals surface area contributed by atoms with Crippen LogP contribution in [0.25, 0.3) is 0 Å². The second-order valence-corrected chi connectivity index (χ2v) is 13.5. The summed E-state index contributed by atoms with van der Waals surface area (Å²) in [7, 11) is 0. The third-order valence-corrected chi connectivity index (χ3v) is 8.01. The lowest BCUT2D eigenvalue weighted by atomic mass is 9.79. The summed E-state index contributed by atoms with van der Waals surface area (Å²) in [5.41, 5.74) is 8.47. The van der Waals surface area contributed by atoms with E-state index < -0.39 is 0 Å². The van der Waals surface area contributed by atoms with Crippen LogP contribution >= 0.6 is 0 Å². The number of hydrogen-bond acceptors (Lipinski definition) is 7. The van der Waals surface area contributed by atoms with Crippen molar-refractivity contribution in [1.29, 1.82) is 0 Å². The van der Waals surface area contributed by atoms with Gasteiger partial charge in [0.1, 0.15) is 0 Å². The maximum absolute atomic E-state index is 6.76. The highest BCUT2D eigenvalue weighted by Gasteiger charge is 2.44. The van der Waals surface area contributed by atoms with E-state index in [1.165, 1.54) is 83.5 Å². The van der Waals surface area contributed by atoms with Crippen molar-refractivity contribution >= 4 is 11.4 Å². The lowest BCUT2D eigenvalue weighted by Crippen LogP contribution is -2.53. The van der Waals surface area contributed by atoms with Crippen molar-refractivity contribution in [1.82, 2.24) is 10.9 Å². The summed E-state index contributed by atoms with van der Waals surface area (Å²) in [6.45, 7) is 21.0. The first-order valence-corrected chi connectivity index (χ1v) is 17.6. The number of ether oxygens (including phenoxy) is 3. The van der Waals surface area contributed by atoms with Crippen molar-refractivity contribution in [2.24, 2.45) is 22.0 Å². The van der Waals surface area contributed by atoms with Gasteiger partial charge in [0.2, 0.25) is 0 Å². The normalized spacial score (nSPS) is 22.4. The van der Waals surface area contributed by atoms with Crippen LogP contribution in [-0.4, -0.2) is 55.2 Å². The molecule has 1 rings (SSSR count). The van der Waals surface area contributed by atoms with Gasteiger partial charge >= 0.3 is 0 Å². The molecule has 0 amide bonds. The monoisotopic (exact) mass is 595 g/mol. The van der Waals surface area contributed by atoms with Crippen LogP contribution in [0.1, 0.15) is 159 Å². The van der Waals surface area contributed by atoms with Gasteiger partial charge in [0.15, 0.2) is 6.29 Å². The highest BCUT2D eigenvalue weighted by molar-refractivity contribution is 5.79. The van der Waals surface area contributed by atoms with Gasteiger partial charge in [-0.05, 0) is 87.0 Å². The third kappa shape index (κ3) is 19.2. The van der Waals surface area contributed by atoms with Gasteiger partial charge in [-0.1, -0.05) is 77.6 Å². The zero-order valence-corrected chi connectivity index (χ0v) is 29.2. The van der Waals surface area contributed by atoms with E-state index >= 15 is 0 Å². The van der Waals surface area contributed by atoms with Crippen LogP contribution in [0, 0.1) is 11.8 Å². The largest absolute Gasteiger partial charge is 0.373 e. The lowest BCUT2D eigenvalue weighted by molar-refractivity contribution is -0.289. The molecule has 0 radical (unpaired) electrons. The van der Waals surface area contributed by atoms with E-state index in [1.54, 1.807) is 0 Å². The lowest BCUT2D eigenvalue weighted by Gasteiger charge is -2.47. The molecular formula is C35H70N4O3. The molecule has 0 bridgehead atoms. The van der Waals surface area contributed by atoms with Gasteiger partial charge < -0.3 is 25.1 Å². The van der Waals surface area contributed by atoms with Crippen LogP contribution in [0.3, 0.4) is 0 Å². The van der Waals surface area contributed by atoms with Crippen molar-refractivity contribution in [2.45, 2.75) is 189 Å². The van der Waals surface area contributed by atoms with Gasteiger partial charge in [0.05, 0.1) is 24.4 Å². The molecule has 2 N–H and O–H groups in total. The number of hydrogen-bond donors (Lipinski definition) is 2. The molecule has 0 aromatic heterocycles. The van der Waals surface area contributed by atoms with Crippen LogP contribution in [0.4, 0.5) is 0 Å². The first-order valence-electron chi connectivity index (χ1n) is 17.6. The van der Waals surface area contributed by atoms with Gasteiger partial charge in [-0.3, -0.25) is 0 Å². The number of rotatable bonds is 25. The standard InChI is InChI=1S/C35H70N4O3/c1-27(2)38-36-25-21-17-13-10-11-16-20-24-33-34(40-29(5)6)31(9)32(35(42-33)41-30(7)8)23-19-15-12-14-18-22-26-37-39-28(3)4/h29-37H,10-26H2,1-9H3/t31-,32?,33?,34+,35+/m1/s1. The molecule has 7 nitrogen and oxygen atoms in total. The van der Waals surface area contributed by atoms with Gasteiger partial charge in [-0.2, -0.15) is 10.2 Å². The Hall–Kier alpha value is -1.18. The van der Waals surface area contributed by atoms with Crippen LogP contribution in [-0.2, 0) is 14.2 Å². The van der Waals surface area contributed by atoms with Crippen LogP contribution in [0.15, 0.2) is 10.2 Å². The van der Waals surface area contributed by atoms with Gasteiger partial charge in [-0.15, -0.1) is 0 Å². The van der Waals surface area contributed by atoms with Crippen molar-refractivity contribution in [2.75, 3.05) is 13.1 Å². The number of nitrogens with one attached hydrogen (secondary N) is 2. The fourth-order valence-corrected chi connectivity index (χ4v) is 5.89. The summed E-state index contributed by atoms with van der Waals surface area (Å²) < 4.78 is 19.7. The van der Waals surface area contributed by atoms with Crippen molar-refractivity contribution in [3.8, 4) is 0 Å². The molecule has 1 aliphatic heterocycles. The minimum Gasteiger partial charge on any atom is -0.373 e. The highest BCUT2D eigenvalue weighted by atomic mass is 16.7. The molecule has 0 aliphatic carbocycles. The Balaban J connectivity index is 2.46. The summed E-state index contributed by atoms with van der Waals surface area (Å²) in [5.74, 6) is 0.811. The van der Waals surface area contributed by atoms with E-state index in [2.05, 4.69) is 55.7 Å². The van der Waals surface area contributed by atoms with E-state index in [-0.39, 0.29) is 30.7 Å². The van der Waals surface area contributed by atoms with Crippen LogP contribution < -0.4 is 10.9 Å². The molecule has 1 heterocycles. The Morgan fingerprint density at radius 3 is 1.50 bits per heavy atom. The van der Waals surface area contributed by atoms with Gasteiger partial charge in [0.25, 0.3) is 0 Å². The number of unbranched alkanes of at least 4 members (excludes halogenated alkanes) is 11. The Morgan fingerprint density at radius 2 is 1.05 bits per heavy atom. The van der Waals surface area contributed by atoms with E-state index in [1.807, 2.05) is 27.7 Å². The van der Waals surface area contributed by atoms with Crippen LogP contribution in [0.5, 0.6) is 0 Å². The van der Waals surface area contributed by atoms with Crippen molar-refractivity contribution in [3.63, 3.8) is 0 Å². The molecule has 0 aromatic rings. The maximum Gasteiger partial charge on any atom is 0.161 e. The van der Waals surface area contributed by atoms with E-state index in [4.69, 9.17) is 14.2 Å². The van der Waals surface area contributed by atoms with Crippen molar-refractivity contribution in [3.05, 3.63) is 0 Å². The maximum atomic E-state index is 6.76. The van der Waals surface area contributed by atoms with Gasteiger partial charge in [-0.25, -0.2) is 0 Å². The summed E-state index contributed by atoms with van der Waals surface area (Å²) in [4.78, 5) is 0. The average molecular weight is 595 g/mol. The smallest absolute Gasteiger partial charge is 0.161 e. The summed E-state index contributed by atoms with van der Waals surface area (Å²) in [5, 5.41) is 8.51. The predicted molar refractivity (Wildman–Crippen MR) is 180 cm³/mol. The van der Waals surface area contributed by atoms with E-state index in [0.717, 1.165) is 37.4 Å². The second-order valence-electron chi connectivity index (χ2n) is 13.5. The summed E-state index contributed by atoms with van der Waals surface area (Å²) in [6, 6.07) is 0. The Bertz CT molecular complexity index is 702. The van der Waals surface area contributed by atoms with Gasteiger partial charge in [0, 0.05) is 30.4 Å². The average Bonchev–Trinajstić information content (AvgIpc) is 2.90. The number of nitrogens with zero attached hydrogens (tertiary/aromatic N) is 2. The zero-order valence-electron chi connectivity index (χ0n) is 29.2. The Morgan fingerprint density at radius 1 is 0.619 bits per heavy atom. The molecule has 5 atom stereocenters. The Kier molecular flexibility index (Phi) is 22.4. The second kappa shape index (κ2) is 24.2. The number of hydrazone groups is 2. The molecule has 1 aliphatic rings. The molecule has 0 aromatic carbocycles. The molecule has 2 unspecified atom stereocenters. The summed E-state index contributed by atoms with van der Waals surface area (Å²) in [6.07, 6.45) is 19.1. The fourth-order valence-electron chi connectivity index (χ4n) is 5.89. The molecular weight excluding hydrogens is 524 g/mol. The molecule has 248 valence electrons. The predicted octanol–water partition coefficient (Wildman–Crippen LogP) is 9.00. The van der Waals surface area contributed by atoms with Crippen molar-refractivity contribution < 1.29 is 14.2 Å². The summed E-state index contributed by atoms with van der Waals surface area (Å²) >= 11 is 0. The molecule has 0 saturated carbocycles. The molecule has 0 spiro atoms. The fraction of sp³-hybridized carbons (Fsp3) is 0.943. The SMILES string of the molecule is CC(C)=NNCCCCCCCCCC1O[C@H](OC(C)C)C(CCCCCCCCNN=C(C)C)[C@@H](C)[C@@H]1OC(C)C. The molecule has 1 saturated heterocycles. The molecule has 7 heteroatoms. The van der Waals surface area contributed by atoms with E-state index in [0.29, 0.717) is 11.8 Å². The molecule has 1 fully saturated rings. The molecule has 42 heavy (non-hydrogen) atoms. The minimum atomic E-state index is -0.125. The topological polar surface area (TPSA) is 76.5 Å². The quantitative estimate of drug-likeness (QED) is 0.0626. The zero-order chi connectivity index (χ0) is 31.2.